The smallest absolute Gasteiger partial charge is 0.412 e. The third-order valence-electron chi connectivity index (χ3n) is 28.0. The van der Waals surface area contributed by atoms with Gasteiger partial charge in [0.1, 0.15) is 76.5 Å². The summed E-state index contributed by atoms with van der Waals surface area (Å²) in [6.45, 7) is 35.8. The van der Waals surface area contributed by atoms with Crippen LogP contribution in [0.4, 0.5) is 52.7 Å². The van der Waals surface area contributed by atoms with E-state index in [1.54, 1.807) is 104 Å². The fourth-order valence-corrected chi connectivity index (χ4v) is 18.6. The van der Waals surface area contributed by atoms with Gasteiger partial charge in [-0.15, -0.1) is 22.7 Å². The molecule has 4 aliphatic rings. The Balaban J connectivity index is 0.000000349. The van der Waals surface area contributed by atoms with Gasteiger partial charge >= 0.3 is 48.6 Å². The van der Waals surface area contributed by atoms with Gasteiger partial charge in [-0.25, -0.2) is 19.9 Å². The first kappa shape index (κ1) is 130. The number of aryl methyl sites for hydroxylation is 3. The lowest BCUT2D eigenvalue weighted by molar-refractivity contribution is -0.155. The van der Waals surface area contributed by atoms with Crippen LogP contribution in [0.15, 0.2) is 125 Å². The topological polar surface area (TPSA) is 433 Å². The van der Waals surface area contributed by atoms with Crippen molar-refractivity contribution in [2.45, 2.75) is 367 Å². The Hall–Kier alpha value is -9.56. The number of allylic oxidation sites excluding steroid dienone is 6. The molecule has 4 aromatic rings. The van der Waals surface area contributed by atoms with Crippen molar-refractivity contribution in [3.8, 4) is 0 Å². The largest absolute Gasteiger partial charge is 0.457 e. The maximum absolute atomic E-state index is 13.8. The number of aliphatic hydroxyl groups excluding tert-OH is 9. The Morgan fingerprint density at radius 2 is 0.644 bits per heavy atom. The van der Waals surface area contributed by atoms with Crippen LogP contribution in [0.1, 0.15) is 286 Å². The summed E-state index contributed by atoms with van der Waals surface area (Å²) < 4.78 is 198. The van der Waals surface area contributed by atoms with Crippen LogP contribution in [0.25, 0.3) is 24.3 Å². The zero-order valence-corrected chi connectivity index (χ0v) is 90.3. The molecule has 4 aliphatic heterocycles. The SMILES string of the molecule is C/C(=C\c1coc(C)n1)[C@@H]1C/C=C(/C(F)(F)F)C/C=C/[C@H](C)[C@H](O)[C@@H](C)C(=O)C(C)(C)[C@@H](O)CC(=O)O1.C/C(=C\c1coc(C)n1)[C@@H]1C/C=C(/C(F)(F)F)CCC[C@H](C)[C@H](O)[C@@H](C)C(=O)C(C)(C)[C@@H](O)CC(=O)O1.C/C(=C\c1csc(C)n1)[C@@H]1C/C=C(/C(F)(F)F)CCC[C@H](C)[C@H](O)[C@@H](C)C(=O)C(C)(C)[C@@H](O)CC(=O)O1.C/C(=C\c1csc(CO)n1)[C@@H]1C/C=C(/C(F)(F)F)C/C=C/[C@H](C)[C@H](O)[C@@H](C)C(=O)C(C)(C)[C@@H](O)CC(=O)O1. The molecule has 41 heteroatoms. The molecule has 0 aliphatic carbocycles. The number of ketones is 4. The van der Waals surface area contributed by atoms with Crippen LogP contribution in [-0.2, 0) is 63.9 Å². The van der Waals surface area contributed by atoms with Crippen LogP contribution in [0, 0.1) is 89.8 Å². The quantitative estimate of drug-likeness (QED) is 0.0325. The predicted octanol–water partition coefficient (Wildman–Crippen LogP) is 21.0. The maximum Gasteiger partial charge on any atom is 0.412 e. The molecule has 20 atom stereocenters. The first-order valence-corrected chi connectivity index (χ1v) is 51.3. The number of hydrogen-bond donors (Lipinski definition) is 9. The molecular formula is C108H148F12N4O23S2. The molecule has 0 radical (unpaired) electrons. The van der Waals surface area contributed by atoms with E-state index in [1.165, 1.54) is 143 Å². The standard InChI is InChI=1S/C27H36F3NO6S.C27H38F3NO6.C27H36F3NO6.C27H38F3NO5S/c1-15-7-6-8-18(27(28,29)30)9-10-20(16(2)11-19-14-38-22(13-32)31-19)37-23(34)12-21(33)26(4,5)25(36)17(3)24(15)35;2*1-15-8-7-9-19(27(28,29)30)10-11-21(16(2)12-20-14-36-18(4)31-20)37-23(33)13-22(32)26(5,6)25(35)17(3)24(15)34;1-15-8-7-9-19(27(28,29)30)10-11-21(16(2)12-20-14-37-18(4)31-20)36-23(33)13-22(32)26(5,6)25(35)17(3)24(15)34/h6-7,9,11,14-15,17,20-21,24,32-33,35H,8,10,12-13H2,1-5H3;10,12,14-15,17,21-22,24,32,34H,7-9,11,13H2,1-6H3;7-8,10,12,14-15,17,21-22,24,32,34H,9,11,13H2,1-6H3;10,12,14-15,17,21-22,24,32,34H,7-9,11,13H2,1-6H3/b7-6+,16-11+,18-9+;16-12+,19-10+;8-7+,16-12+,19-10+;16-12+,19-10+/t15-,17+,20-,21-,24-;3*15-,17+,21-,22-,24-/m0000/s1. The van der Waals surface area contributed by atoms with Crippen LogP contribution in [0.5, 0.6) is 0 Å². The van der Waals surface area contributed by atoms with Gasteiger partial charge < -0.3 is 73.7 Å². The number of thiazole rings is 2. The highest BCUT2D eigenvalue weighted by Gasteiger charge is 2.49. The molecule has 834 valence electrons. The number of halogens is 12. The van der Waals surface area contributed by atoms with Crippen LogP contribution in [0.2, 0.25) is 0 Å². The van der Waals surface area contributed by atoms with E-state index in [0.29, 0.717) is 61.9 Å². The molecule has 9 N–H and O–H groups in total. The monoisotopic (exact) mass is 2160 g/mol. The number of nitrogens with zero attached hydrogens (tertiary/aromatic N) is 4. The van der Waals surface area contributed by atoms with Crippen molar-refractivity contribution in [1.82, 2.24) is 19.9 Å². The van der Waals surface area contributed by atoms with Gasteiger partial charge in [0.25, 0.3) is 0 Å². The summed E-state index contributed by atoms with van der Waals surface area (Å²) in [4.78, 5) is 120. The van der Waals surface area contributed by atoms with Crippen molar-refractivity contribution in [2.24, 2.45) is 69.0 Å². The summed E-state index contributed by atoms with van der Waals surface area (Å²) in [7, 11) is 0. The van der Waals surface area contributed by atoms with E-state index < -0.39 is 275 Å². The van der Waals surface area contributed by atoms with Crippen LogP contribution < -0.4 is 0 Å². The Morgan fingerprint density at radius 3 is 0.893 bits per heavy atom. The lowest BCUT2D eigenvalue weighted by Gasteiger charge is -2.34. The second-order valence-electron chi connectivity index (χ2n) is 41.6. The molecule has 0 saturated heterocycles. The number of aromatic nitrogens is 4. The third-order valence-corrected chi connectivity index (χ3v) is 29.7. The van der Waals surface area contributed by atoms with E-state index in [4.69, 9.17) is 27.8 Å². The van der Waals surface area contributed by atoms with Crippen molar-refractivity contribution in [3.05, 3.63) is 161 Å². The predicted molar refractivity (Wildman–Crippen MR) is 537 cm³/mol. The van der Waals surface area contributed by atoms with Gasteiger partial charge in [-0.05, 0) is 144 Å². The molecule has 0 fully saturated rings. The van der Waals surface area contributed by atoms with Crippen molar-refractivity contribution < 1.29 is 165 Å². The van der Waals surface area contributed by atoms with E-state index in [2.05, 4.69) is 19.9 Å². The summed E-state index contributed by atoms with van der Waals surface area (Å²) >= 11 is 2.62. The molecule has 27 nitrogen and oxygen atoms in total. The third kappa shape index (κ3) is 39.2. The normalized spacial score (nSPS) is 31.0. The van der Waals surface area contributed by atoms with Gasteiger partial charge in [-0.2, -0.15) is 52.7 Å². The van der Waals surface area contributed by atoms with Crippen molar-refractivity contribution in [2.75, 3.05) is 0 Å². The second kappa shape index (κ2) is 56.3. The van der Waals surface area contributed by atoms with Gasteiger partial charge in [-0.1, -0.05) is 159 Å². The molecule has 0 saturated carbocycles. The number of ether oxygens (including phenoxy) is 4. The Morgan fingerprint density at radius 1 is 0.383 bits per heavy atom. The second-order valence-corrected chi connectivity index (χ2v) is 43.6. The number of rotatable bonds is 9. The van der Waals surface area contributed by atoms with Gasteiger partial charge in [0, 0.05) is 108 Å². The zero-order valence-electron chi connectivity index (χ0n) is 88.7. The molecule has 149 heavy (non-hydrogen) atoms. The van der Waals surface area contributed by atoms with E-state index in [-0.39, 0.29) is 70.8 Å². The lowest BCUT2D eigenvalue weighted by atomic mass is 9.73. The number of hydrogen-bond acceptors (Lipinski definition) is 29. The van der Waals surface area contributed by atoms with Crippen LogP contribution >= 0.6 is 22.7 Å². The number of alkyl halides is 12. The molecule has 0 spiro atoms. The Bertz CT molecular complexity index is 5300. The highest BCUT2D eigenvalue weighted by Crippen LogP contribution is 2.43. The maximum atomic E-state index is 13.8. The summed E-state index contributed by atoms with van der Waals surface area (Å²) in [6, 6.07) is 0. The molecule has 0 unspecified atom stereocenters. The van der Waals surface area contributed by atoms with Gasteiger partial charge in [-0.3, -0.25) is 38.4 Å². The number of carbonyl (C=O) groups is 8. The average molecular weight is 2160 g/mol. The van der Waals surface area contributed by atoms with Crippen LogP contribution in [-0.4, -0.2) is 211 Å². The number of carbonyl (C=O) groups excluding carboxylic acids is 8. The minimum atomic E-state index is -4.64. The molecule has 0 aromatic carbocycles. The molecule has 0 bridgehead atoms. The molecule has 0 amide bonds. The number of aliphatic hydroxyl groups is 9. The lowest BCUT2D eigenvalue weighted by Crippen LogP contribution is -2.45. The van der Waals surface area contributed by atoms with Crippen molar-refractivity contribution in [1.29, 1.82) is 0 Å². The number of Topliss-reactive ketones (excluding diaryl/α,β-unsaturated/α-hetero) is 4. The van der Waals surface area contributed by atoms with Crippen LogP contribution in [0.3, 0.4) is 0 Å². The van der Waals surface area contributed by atoms with E-state index in [1.807, 2.05) is 6.92 Å². The first-order chi connectivity index (χ1) is 68.7. The number of esters is 4. The van der Waals surface area contributed by atoms with E-state index in [9.17, 15) is 137 Å². The van der Waals surface area contributed by atoms with Gasteiger partial charge in [0.15, 0.2) is 11.8 Å². The van der Waals surface area contributed by atoms with E-state index >= 15 is 0 Å². The zero-order chi connectivity index (χ0) is 113. The summed E-state index contributed by atoms with van der Waals surface area (Å²) in [6.07, 6.45) is -18.2. The molecular weight excluding hydrogens is 2010 g/mol. The molecule has 8 rings (SSSR count). The number of oxazole rings is 2. The highest BCUT2D eigenvalue weighted by atomic mass is 32.1. The number of cyclic esters (lactones) is 4. The summed E-state index contributed by atoms with van der Waals surface area (Å²) in [5, 5.41) is 99.7. The average Bonchev–Trinajstić information content (AvgIpc) is 0.933. The Labute approximate surface area is 870 Å². The summed E-state index contributed by atoms with van der Waals surface area (Å²) in [5.74, 6) is -10.3. The van der Waals surface area contributed by atoms with Gasteiger partial charge in [0.05, 0.1) is 119 Å². The first-order valence-electron chi connectivity index (χ1n) is 49.5. The van der Waals surface area contributed by atoms with E-state index in [0.717, 1.165) is 29.3 Å². The van der Waals surface area contributed by atoms with Gasteiger partial charge in [0.2, 0.25) is 0 Å². The van der Waals surface area contributed by atoms with Crippen molar-refractivity contribution in [3.63, 3.8) is 0 Å². The molecule has 4 aromatic heterocycles. The highest BCUT2D eigenvalue weighted by molar-refractivity contribution is 7.10. The minimum absolute atomic E-state index is 0.147. The Kier molecular flexibility index (Phi) is 49.1. The molecule has 8 heterocycles. The summed E-state index contributed by atoms with van der Waals surface area (Å²) in [5.41, 5.74) is -4.99. The minimum Gasteiger partial charge on any atom is -0.457 e. The van der Waals surface area contributed by atoms with Crippen molar-refractivity contribution >= 4 is 94.0 Å². The fourth-order valence-electron chi connectivity index (χ4n) is 17.4. The fraction of sp³-hybridized carbons (Fsp3) is 0.630.